The van der Waals surface area contributed by atoms with Crippen molar-refractivity contribution in [1.29, 1.82) is 5.26 Å². The van der Waals surface area contributed by atoms with Gasteiger partial charge in [-0.2, -0.15) is 10.4 Å². The third-order valence-corrected chi connectivity index (χ3v) is 5.00. The quantitative estimate of drug-likeness (QED) is 0.461. The first-order valence-corrected chi connectivity index (χ1v) is 9.38. The molecule has 1 aromatic heterocycles. The predicted molar refractivity (Wildman–Crippen MR) is 111 cm³/mol. The minimum Gasteiger partial charge on any atom is -0.495 e. The Labute approximate surface area is 166 Å². The lowest BCUT2D eigenvalue weighted by Crippen LogP contribution is -2.02. The summed E-state index contributed by atoms with van der Waals surface area (Å²) in [7, 11) is 1.56. The van der Waals surface area contributed by atoms with Gasteiger partial charge < -0.3 is 4.74 Å². The monoisotopic (exact) mass is 396 g/mol. The summed E-state index contributed by atoms with van der Waals surface area (Å²) in [4.78, 5) is 4.58. The smallest absolute Gasteiger partial charge is 0.196 e. The fourth-order valence-electron chi connectivity index (χ4n) is 2.61. The number of thiazole rings is 1. The lowest BCUT2D eigenvalue weighted by Gasteiger charge is -2.07. The van der Waals surface area contributed by atoms with Gasteiger partial charge in [-0.05, 0) is 37.6 Å². The zero-order chi connectivity index (χ0) is 19.4. The van der Waals surface area contributed by atoms with Crippen molar-refractivity contribution < 1.29 is 4.74 Å². The van der Waals surface area contributed by atoms with Crippen molar-refractivity contribution in [2.75, 3.05) is 12.5 Å². The Balaban J connectivity index is 1.89. The van der Waals surface area contributed by atoms with E-state index in [4.69, 9.17) is 16.3 Å². The molecular weight excluding hydrogens is 380 g/mol. The summed E-state index contributed by atoms with van der Waals surface area (Å²) in [5.74, 6) is 0.579. The van der Waals surface area contributed by atoms with Crippen molar-refractivity contribution >= 4 is 34.3 Å². The van der Waals surface area contributed by atoms with E-state index in [1.807, 2.05) is 24.4 Å². The van der Waals surface area contributed by atoms with Gasteiger partial charge in [-0.1, -0.05) is 35.4 Å². The van der Waals surface area contributed by atoms with Crippen LogP contribution in [-0.4, -0.2) is 17.8 Å². The molecule has 7 heteroatoms. The highest BCUT2D eigenvalue weighted by Gasteiger charge is 2.12. The van der Waals surface area contributed by atoms with E-state index in [1.54, 1.807) is 25.3 Å². The first-order valence-electron chi connectivity index (χ1n) is 8.12. The number of halogens is 1. The standard InChI is InChI=1S/C20H17ClN4OS/c1-12-4-6-15(13(2)8-12)18-11-27-20(23-18)17(10-22)25-24-16-9-14(21)5-7-19(16)26-3/h4-9,11,24H,1-3H3/b25-17+. The second kappa shape index (κ2) is 8.21. The van der Waals surface area contributed by atoms with Gasteiger partial charge in [0.15, 0.2) is 10.7 Å². The second-order valence-electron chi connectivity index (χ2n) is 5.88. The van der Waals surface area contributed by atoms with E-state index in [2.05, 4.69) is 34.6 Å². The van der Waals surface area contributed by atoms with E-state index in [1.165, 1.54) is 16.9 Å². The van der Waals surface area contributed by atoms with Gasteiger partial charge >= 0.3 is 0 Å². The molecule has 2 aromatic carbocycles. The molecule has 0 saturated carbocycles. The molecule has 5 nitrogen and oxygen atoms in total. The molecule has 136 valence electrons. The van der Waals surface area contributed by atoms with Gasteiger partial charge in [-0.3, -0.25) is 5.43 Å². The molecule has 0 unspecified atom stereocenters. The van der Waals surface area contributed by atoms with Crippen LogP contribution in [0.15, 0.2) is 46.9 Å². The Morgan fingerprint density at radius 2 is 2.07 bits per heavy atom. The molecule has 3 rings (SSSR count). The highest BCUT2D eigenvalue weighted by atomic mass is 35.5. The third-order valence-electron chi connectivity index (χ3n) is 3.92. The minimum atomic E-state index is 0.193. The maximum Gasteiger partial charge on any atom is 0.196 e. The van der Waals surface area contributed by atoms with Crippen LogP contribution in [0.4, 0.5) is 5.69 Å². The van der Waals surface area contributed by atoms with Gasteiger partial charge in [0, 0.05) is 16.0 Å². The molecule has 0 amide bonds. The number of nitriles is 1. The fraction of sp³-hybridized carbons (Fsp3) is 0.150. The number of hydrazone groups is 1. The molecule has 3 aromatic rings. The summed E-state index contributed by atoms with van der Waals surface area (Å²) in [6.07, 6.45) is 0. The summed E-state index contributed by atoms with van der Waals surface area (Å²) in [6.45, 7) is 4.10. The molecule has 0 aliphatic heterocycles. The van der Waals surface area contributed by atoms with Gasteiger partial charge in [-0.25, -0.2) is 4.98 Å². The third kappa shape index (κ3) is 4.27. The van der Waals surface area contributed by atoms with Crippen molar-refractivity contribution in [2.45, 2.75) is 13.8 Å². The van der Waals surface area contributed by atoms with Crippen LogP contribution in [0.3, 0.4) is 0 Å². The van der Waals surface area contributed by atoms with Crippen molar-refractivity contribution in [3.05, 3.63) is 62.9 Å². The average Bonchev–Trinajstić information content (AvgIpc) is 3.12. The first kappa shape index (κ1) is 18.9. The van der Waals surface area contributed by atoms with Crippen LogP contribution in [-0.2, 0) is 0 Å². The van der Waals surface area contributed by atoms with Crippen LogP contribution in [0.25, 0.3) is 11.3 Å². The van der Waals surface area contributed by atoms with Crippen LogP contribution >= 0.6 is 22.9 Å². The number of aryl methyl sites for hydroxylation is 2. The Morgan fingerprint density at radius 1 is 1.26 bits per heavy atom. The molecule has 0 saturated heterocycles. The van der Waals surface area contributed by atoms with Crippen molar-refractivity contribution in [2.24, 2.45) is 5.10 Å². The Morgan fingerprint density at radius 3 is 2.78 bits per heavy atom. The number of hydrogen-bond donors (Lipinski definition) is 1. The van der Waals surface area contributed by atoms with E-state index in [9.17, 15) is 5.26 Å². The number of benzene rings is 2. The predicted octanol–water partition coefficient (Wildman–Crippen LogP) is 5.43. The maximum atomic E-state index is 9.50. The van der Waals surface area contributed by atoms with E-state index in [0.717, 1.165) is 16.8 Å². The van der Waals surface area contributed by atoms with E-state index in [0.29, 0.717) is 21.5 Å². The molecule has 0 radical (unpaired) electrons. The second-order valence-corrected chi connectivity index (χ2v) is 7.18. The van der Waals surface area contributed by atoms with E-state index in [-0.39, 0.29) is 5.71 Å². The topological polar surface area (TPSA) is 70.3 Å². The molecule has 1 heterocycles. The van der Waals surface area contributed by atoms with E-state index < -0.39 is 0 Å². The molecule has 0 atom stereocenters. The highest BCUT2D eigenvalue weighted by molar-refractivity contribution is 7.12. The van der Waals surface area contributed by atoms with Crippen molar-refractivity contribution in [1.82, 2.24) is 4.98 Å². The SMILES string of the molecule is COc1ccc(Cl)cc1N/N=C(\C#N)c1nc(-c2ccc(C)cc2C)cs1. The minimum absolute atomic E-state index is 0.193. The molecule has 1 N–H and O–H groups in total. The van der Waals surface area contributed by atoms with Crippen LogP contribution in [0, 0.1) is 25.2 Å². The molecule has 0 spiro atoms. The lowest BCUT2D eigenvalue weighted by molar-refractivity contribution is 0.416. The lowest BCUT2D eigenvalue weighted by atomic mass is 10.0. The maximum absolute atomic E-state index is 9.50. The number of nitrogens with one attached hydrogen (secondary N) is 1. The van der Waals surface area contributed by atoms with Gasteiger partial charge in [0.05, 0.1) is 18.5 Å². The van der Waals surface area contributed by atoms with Gasteiger partial charge in [-0.15, -0.1) is 11.3 Å². The number of aromatic nitrogens is 1. The number of hydrogen-bond acceptors (Lipinski definition) is 6. The Kier molecular flexibility index (Phi) is 5.75. The fourth-order valence-corrected chi connectivity index (χ4v) is 3.54. The van der Waals surface area contributed by atoms with Crippen molar-refractivity contribution in [3.8, 4) is 23.1 Å². The Hall–Kier alpha value is -2.88. The number of anilines is 1. The normalized spacial score (nSPS) is 11.1. The zero-order valence-electron chi connectivity index (χ0n) is 15.1. The van der Waals surface area contributed by atoms with Crippen LogP contribution < -0.4 is 10.2 Å². The number of methoxy groups -OCH3 is 1. The van der Waals surface area contributed by atoms with Gasteiger partial charge in [0.25, 0.3) is 0 Å². The van der Waals surface area contributed by atoms with Gasteiger partial charge in [0.1, 0.15) is 11.8 Å². The largest absolute Gasteiger partial charge is 0.495 e. The van der Waals surface area contributed by atoms with Crippen LogP contribution in [0.1, 0.15) is 16.1 Å². The molecule has 0 aliphatic carbocycles. The van der Waals surface area contributed by atoms with Crippen LogP contribution in [0.5, 0.6) is 5.75 Å². The summed E-state index contributed by atoms with van der Waals surface area (Å²) >= 11 is 7.39. The summed E-state index contributed by atoms with van der Waals surface area (Å²) in [6, 6.07) is 13.4. The summed E-state index contributed by atoms with van der Waals surface area (Å²) in [5.41, 5.74) is 7.83. The highest BCUT2D eigenvalue weighted by Crippen LogP contribution is 2.29. The Bertz CT molecular complexity index is 1050. The van der Waals surface area contributed by atoms with Gasteiger partial charge in [0.2, 0.25) is 0 Å². The summed E-state index contributed by atoms with van der Waals surface area (Å²) in [5, 5.41) is 16.7. The average molecular weight is 397 g/mol. The number of ether oxygens (including phenoxy) is 1. The molecule has 0 fully saturated rings. The summed E-state index contributed by atoms with van der Waals surface area (Å²) < 4.78 is 5.27. The molecular formula is C20H17ClN4OS. The molecule has 0 bridgehead atoms. The molecule has 27 heavy (non-hydrogen) atoms. The van der Waals surface area contributed by atoms with Crippen molar-refractivity contribution in [3.63, 3.8) is 0 Å². The molecule has 0 aliphatic rings. The van der Waals surface area contributed by atoms with E-state index >= 15 is 0 Å². The number of rotatable bonds is 5. The zero-order valence-corrected chi connectivity index (χ0v) is 16.6. The van der Waals surface area contributed by atoms with Crippen LogP contribution in [0.2, 0.25) is 5.02 Å². The first-order chi connectivity index (χ1) is 13.0. The number of nitrogens with zero attached hydrogens (tertiary/aromatic N) is 3.